The van der Waals surface area contributed by atoms with Crippen molar-refractivity contribution in [3.63, 3.8) is 0 Å². The molecular weight excluding hydrogens is 330 g/mol. The van der Waals surface area contributed by atoms with Crippen LogP contribution in [0.1, 0.15) is 11.1 Å². The minimum Gasteiger partial charge on any atom is -0.481 e. The average molecular weight is 338 g/mol. The molecule has 19 heavy (non-hydrogen) atoms. The summed E-state index contributed by atoms with van der Waals surface area (Å²) in [6.45, 7) is 1.84. The van der Waals surface area contributed by atoms with Gasteiger partial charge in [0.25, 0.3) is 0 Å². The normalized spacial score (nSPS) is 11.0. The van der Waals surface area contributed by atoms with Crippen molar-refractivity contribution < 1.29 is 9.90 Å². The molecular formula is C13H8Cl4O2. The Morgan fingerprint density at radius 1 is 1.05 bits per heavy atom. The molecule has 0 saturated heterocycles. The Kier molecular flexibility index (Phi) is 4.17. The van der Waals surface area contributed by atoms with Crippen LogP contribution in [0.3, 0.4) is 0 Å². The quantitative estimate of drug-likeness (QED) is 0.589. The van der Waals surface area contributed by atoms with E-state index in [9.17, 15) is 4.79 Å². The van der Waals surface area contributed by atoms with E-state index in [-0.39, 0.29) is 26.5 Å². The lowest BCUT2D eigenvalue weighted by Crippen LogP contribution is -2.02. The predicted octanol–water partition coefficient (Wildman–Crippen LogP) is 5.39. The van der Waals surface area contributed by atoms with Gasteiger partial charge in [0.2, 0.25) is 0 Å². The standard InChI is InChI=1S/C13H8Cl4O2/c1-5-2-6(4-8(18)19)9-7(3-5)10(14)12(16)13(17)11(9)15/h2-3H,4H2,1H3,(H,18,19). The monoisotopic (exact) mass is 336 g/mol. The molecule has 0 unspecified atom stereocenters. The van der Waals surface area contributed by atoms with Gasteiger partial charge in [-0.05, 0) is 18.6 Å². The molecule has 1 N–H and O–H groups in total. The second-order valence-corrected chi connectivity index (χ2v) is 5.68. The Morgan fingerprint density at radius 2 is 1.63 bits per heavy atom. The molecule has 6 heteroatoms. The van der Waals surface area contributed by atoms with Gasteiger partial charge in [0, 0.05) is 10.8 Å². The van der Waals surface area contributed by atoms with E-state index in [1.807, 2.05) is 6.92 Å². The van der Waals surface area contributed by atoms with Crippen molar-refractivity contribution in [2.75, 3.05) is 0 Å². The van der Waals surface area contributed by atoms with E-state index in [2.05, 4.69) is 0 Å². The van der Waals surface area contributed by atoms with Crippen LogP contribution in [-0.2, 0) is 11.2 Å². The number of carbonyl (C=O) groups is 1. The predicted molar refractivity (Wildman–Crippen MR) is 80.1 cm³/mol. The number of benzene rings is 2. The SMILES string of the molecule is Cc1cc(CC(=O)O)c2c(Cl)c(Cl)c(Cl)c(Cl)c2c1. The maximum Gasteiger partial charge on any atom is 0.307 e. The smallest absolute Gasteiger partial charge is 0.307 e. The number of halogens is 4. The second kappa shape index (κ2) is 5.37. The minimum atomic E-state index is -0.954. The zero-order valence-corrected chi connectivity index (χ0v) is 12.8. The molecule has 0 bridgehead atoms. The van der Waals surface area contributed by atoms with Crippen LogP contribution < -0.4 is 0 Å². The minimum absolute atomic E-state index is 0.135. The van der Waals surface area contributed by atoms with E-state index in [0.29, 0.717) is 16.3 Å². The molecule has 0 fully saturated rings. The van der Waals surface area contributed by atoms with Gasteiger partial charge in [-0.15, -0.1) is 0 Å². The summed E-state index contributed by atoms with van der Waals surface area (Å²) >= 11 is 24.4. The number of hydrogen-bond donors (Lipinski definition) is 1. The first-order valence-corrected chi connectivity index (χ1v) is 6.81. The summed E-state index contributed by atoms with van der Waals surface area (Å²) in [5, 5.41) is 10.9. The number of fused-ring (bicyclic) bond motifs is 1. The summed E-state index contributed by atoms with van der Waals surface area (Å²) in [5.74, 6) is -0.954. The van der Waals surface area contributed by atoms with Crippen molar-refractivity contribution in [1.29, 1.82) is 0 Å². The van der Waals surface area contributed by atoms with Gasteiger partial charge in [-0.1, -0.05) is 58.0 Å². The van der Waals surface area contributed by atoms with Crippen molar-refractivity contribution in [2.24, 2.45) is 0 Å². The molecule has 0 radical (unpaired) electrons. The van der Waals surface area contributed by atoms with Crippen LogP contribution in [-0.4, -0.2) is 11.1 Å². The van der Waals surface area contributed by atoms with Gasteiger partial charge < -0.3 is 5.11 Å². The zero-order valence-electron chi connectivity index (χ0n) is 9.73. The molecule has 0 aromatic heterocycles. The first-order valence-electron chi connectivity index (χ1n) is 5.30. The molecule has 0 aliphatic heterocycles. The van der Waals surface area contributed by atoms with Crippen LogP contribution in [0, 0.1) is 6.92 Å². The zero-order chi connectivity index (χ0) is 14.3. The number of hydrogen-bond acceptors (Lipinski definition) is 1. The number of carboxylic acid groups (broad SMARTS) is 1. The average Bonchev–Trinajstić information content (AvgIpc) is 2.32. The van der Waals surface area contributed by atoms with Crippen LogP contribution in [0.2, 0.25) is 20.1 Å². The fourth-order valence-corrected chi connectivity index (χ4v) is 3.06. The van der Waals surface area contributed by atoms with Gasteiger partial charge in [-0.3, -0.25) is 4.79 Å². The molecule has 0 amide bonds. The second-order valence-electron chi connectivity index (χ2n) is 4.17. The lowest BCUT2D eigenvalue weighted by atomic mass is 9.99. The van der Waals surface area contributed by atoms with Gasteiger partial charge >= 0.3 is 5.97 Å². The number of carboxylic acids is 1. The van der Waals surface area contributed by atoms with Crippen molar-refractivity contribution in [2.45, 2.75) is 13.3 Å². The van der Waals surface area contributed by atoms with E-state index in [1.165, 1.54) is 0 Å². The van der Waals surface area contributed by atoms with E-state index in [4.69, 9.17) is 51.5 Å². The van der Waals surface area contributed by atoms with Crippen LogP contribution in [0.4, 0.5) is 0 Å². The first-order chi connectivity index (χ1) is 8.82. The van der Waals surface area contributed by atoms with Gasteiger partial charge in [0.05, 0.1) is 26.5 Å². The van der Waals surface area contributed by atoms with Crippen LogP contribution >= 0.6 is 46.4 Å². The van der Waals surface area contributed by atoms with Crippen molar-refractivity contribution >= 4 is 63.1 Å². The summed E-state index contributed by atoms with van der Waals surface area (Å²) in [6, 6.07) is 3.56. The lowest BCUT2D eigenvalue weighted by molar-refractivity contribution is -0.136. The topological polar surface area (TPSA) is 37.3 Å². The summed E-state index contributed by atoms with van der Waals surface area (Å²) < 4.78 is 0. The Morgan fingerprint density at radius 3 is 2.21 bits per heavy atom. The Bertz CT molecular complexity index is 695. The molecule has 0 aliphatic carbocycles. The highest BCUT2D eigenvalue weighted by molar-refractivity contribution is 6.55. The van der Waals surface area contributed by atoms with E-state index in [0.717, 1.165) is 5.56 Å². The molecule has 0 saturated carbocycles. The molecule has 0 heterocycles. The maximum absolute atomic E-state index is 10.9. The number of aliphatic carboxylic acids is 1. The molecule has 100 valence electrons. The first kappa shape index (κ1) is 14.7. The summed E-state index contributed by atoms with van der Waals surface area (Å²) in [6.07, 6.45) is -0.161. The molecule has 2 aromatic rings. The van der Waals surface area contributed by atoms with E-state index < -0.39 is 5.97 Å². The van der Waals surface area contributed by atoms with Gasteiger partial charge in [-0.2, -0.15) is 0 Å². The molecule has 2 aromatic carbocycles. The molecule has 2 nitrogen and oxygen atoms in total. The maximum atomic E-state index is 10.9. The molecule has 2 rings (SSSR count). The van der Waals surface area contributed by atoms with Crippen LogP contribution in [0.5, 0.6) is 0 Å². The Balaban J connectivity index is 2.94. The van der Waals surface area contributed by atoms with Gasteiger partial charge in [0.15, 0.2) is 0 Å². The molecule has 0 aliphatic rings. The van der Waals surface area contributed by atoms with Crippen molar-refractivity contribution in [3.8, 4) is 0 Å². The third-order valence-electron chi connectivity index (χ3n) is 2.74. The Labute approximate surface area is 129 Å². The largest absolute Gasteiger partial charge is 0.481 e. The fourth-order valence-electron chi connectivity index (χ4n) is 2.02. The van der Waals surface area contributed by atoms with Gasteiger partial charge in [-0.25, -0.2) is 0 Å². The number of aryl methyl sites for hydroxylation is 1. The third-order valence-corrected chi connectivity index (χ3v) is 4.56. The molecule has 0 spiro atoms. The highest BCUT2D eigenvalue weighted by atomic mass is 35.5. The third kappa shape index (κ3) is 2.63. The number of rotatable bonds is 2. The summed E-state index contributed by atoms with van der Waals surface area (Å²) in [5.41, 5.74) is 1.44. The van der Waals surface area contributed by atoms with E-state index in [1.54, 1.807) is 12.1 Å². The molecule has 0 atom stereocenters. The Hall–Kier alpha value is -0.670. The van der Waals surface area contributed by atoms with Crippen molar-refractivity contribution in [3.05, 3.63) is 43.4 Å². The summed E-state index contributed by atoms with van der Waals surface area (Å²) in [7, 11) is 0. The highest BCUT2D eigenvalue weighted by Crippen LogP contribution is 2.44. The van der Waals surface area contributed by atoms with E-state index >= 15 is 0 Å². The van der Waals surface area contributed by atoms with Crippen molar-refractivity contribution in [1.82, 2.24) is 0 Å². The fraction of sp³-hybridized carbons (Fsp3) is 0.154. The van der Waals surface area contributed by atoms with Crippen LogP contribution in [0.25, 0.3) is 10.8 Å². The van der Waals surface area contributed by atoms with Gasteiger partial charge in [0.1, 0.15) is 0 Å². The highest BCUT2D eigenvalue weighted by Gasteiger charge is 2.18. The lowest BCUT2D eigenvalue weighted by Gasteiger charge is -2.13. The summed E-state index contributed by atoms with van der Waals surface area (Å²) in [4.78, 5) is 10.9. The van der Waals surface area contributed by atoms with Crippen LogP contribution in [0.15, 0.2) is 12.1 Å².